The highest BCUT2D eigenvalue weighted by Crippen LogP contribution is 2.45. The molecule has 0 aliphatic carbocycles. The summed E-state index contributed by atoms with van der Waals surface area (Å²) in [4.78, 5) is 78.2. The van der Waals surface area contributed by atoms with E-state index in [2.05, 4.69) is 26.5 Å². The number of imidazole rings is 1. The maximum atomic E-state index is 15.1. The lowest BCUT2D eigenvalue weighted by Crippen LogP contribution is -2.65. The van der Waals surface area contributed by atoms with Gasteiger partial charge >= 0.3 is 18.0 Å². The Morgan fingerprint density at radius 1 is 1.04 bits per heavy atom. The molecule has 0 radical (unpaired) electrons. The van der Waals surface area contributed by atoms with Gasteiger partial charge < -0.3 is 43.4 Å². The van der Waals surface area contributed by atoms with Crippen LogP contribution in [0.2, 0.25) is 0 Å². The molecule has 0 spiro atoms. The summed E-state index contributed by atoms with van der Waals surface area (Å²) in [6, 6.07) is 7.75. The molecule has 3 aromatic heterocycles. The number of H-pyrrole nitrogens is 1. The molecule has 68 heavy (non-hydrogen) atoms. The van der Waals surface area contributed by atoms with Gasteiger partial charge in [-0.05, 0) is 98.0 Å². The summed E-state index contributed by atoms with van der Waals surface area (Å²) < 4.78 is 39.2. The first-order valence-corrected chi connectivity index (χ1v) is 24.2. The second-order valence-corrected chi connectivity index (χ2v) is 19.9. The number of aromatic amines is 1. The summed E-state index contributed by atoms with van der Waals surface area (Å²) in [7, 11) is 3.42. The smallest absolute Gasteiger partial charge is 0.410 e. The van der Waals surface area contributed by atoms with E-state index in [0.29, 0.717) is 43.6 Å². The maximum absolute atomic E-state index is 15.1. The van der Waals surface area contributed by atoms with E-state index in [4.69, 9.17) is 28.4 Å². The molecule has 3 aromatic rings. The number of aromatic nitrogens is 4. The molecular formula is C51H74N6O11. The predicted octanol–water partition coefficient (Wildman–Crippen LogP) is 6.41. The van der Waals surface area contributed by atoms with Crippen LogP contribution in [-0.2, 0) is 55.6 Å². The van der Waals surface area contributed by atoms with Gasteiger partial charge in [-0.15, -0.1) is 6.58 Å². The number of carbonyl (C=O) groups excluding carboxylic acids is 4. The Kier molecular flexibility index (Phi) is 16.9. The van der Waals surface area contributed by atoms with E-state index in [9.17, 15) is 19.5 Å². The zero-order valence-corrected chi connectivity index (χ0v) is 41.8. The van der Waals surface area contributed by atoms with Crippen molar-refractivity contribution < 1.29 is 52.7 Å². The molecule has 0 saturated carbocycles. The van der Waals surface area contributed by atoms with Crippen LogP contribution in [0.25, 0.3) is 11.2 Å². The van der Waals surface area contributed by atoms with Crippen LogP contribution in [0, 0.1) is 23.7 Å². The number of aliphatic hydroxyl groups excluding tert-OH is 1. The first-order valence-electron chi connectivity index (χ1n) is 24.2. The molecule has 1 unspecified atom stereocenters. The third kappa shape index (κ3) is 11.1. The molecule has 0 bridgehead atoms. The molecule has 17 heteroatoms. The molecule has 1 amide bonds. The van der Waals surface area contributed by atoms with Gasteiger partial charge in [-0.2, -0.15) is 0 Å². The molecule has 3 aliphatic heterocycles. The van der Waals surface area contributed by atoms with Crippen LogP contribution in [0.15, 0.2) is 55.4 Å². The van der Waals surface area contributed by atoms with Gasteiger partial charge in [0.15, 0.2) is 17.0 Å². The van der Waals surface area contributed by atoms with Crippen LogP contribution in [0.4, 0.5) is 4.79 Å². The lowest BCUT2D eigenvalue weighted by atomic mass is 9.73. The number of Topliss-reactive ketones (excluding diaryl/α,β-unsaturated/α-hetero) is 1. The Morgan fingerprint density at radius 2 is 1.78 bits per heavy atom. The first-order chi connectivity index (χ1) is 32.2. The Bertz CT molecular complexity index is 2190. The highest BCUT2D eigenvalue weighted by atomic mass is 16.7. The van der Waals surface area contributed by atoms with Crippen LogP contribution in [-0.4, -0.2) is 145 Å². The Hall–Kier alpha value is -4.81. The Morgan fingerprint density at radius 3 is 2.44 bits per heavy atom. The Labute approximate surface area is 401 Å². The largest absolute Gasteiger partial charge is 0.461 e. The van der Waals surface area contributed by atoms with Crippen molar-refractivity contribution in [3.63, 3.8) is 0 Å². The van der Waals surface area contributed by atoms with Gasteiger partial charge in [-0.1, -0.05) is 39.8 Å². The standard InChI is InChI=1S/C51H74N6O11/c1-13-25-56(11)37-27-31(4)66-51(10,44(37)60)67-45-33(6)42(65-40(58)28-35-20-15-17-23-52-35)34(7)47(61)64-38(14-2)50(9)43(32(5)41(59)30(3)29-49(45,8)63-12)57(48(62)68-50)26-18-16-22-39-54-36-21-19-24-53-46(36)55-39/h13,15,17,19-21,23-24,30-34,37-38,42-45,60H,1,14,16,18,22,25-29H2,2-12H3,(H,53,54,55)/t30-,31-,32+,33+,34-,37+,38-,42?,43-,44-,45-,49-,50-,51+/m1/s1. The topological polar surface area (TPSA) is 205 Å². The summed E-state index contributed by atoms with van der Waals surface area (Å²) in [5, 5.41) is 12.2. The van der Waals surface area contributed by atoms with Gasteiger partial charge in [0.05, 0.1) is 47.4 Å². The van der Waals surface area contributed by atoms with Gasteiger partial charge in [-0.3, -0.25) is 24.3 Å². The van der Waals surface area contributed by atoms with Crippen LogP contribution < -0.4 is 0 Å². The van der Waals surface area contributed by atoms with E-state index in [0.717, 1.165) is 11.3 Å². The number of methoxy groups -OCH3 is 1. The van der Waals surface area contributed by atoms with Gasteiger partial charge in [0.2, 0.25) is 0 Å². The summed E-state index contributed by atoms with van der Waals surface area (Å²) >= 11 is 0. The van der Waals surface area contributed by atoms with Gasteiger partial charge in [0.25, 0.3) is 0 Å². The predicted molar refractivity (Wildman–Crippen MR) is 253 cm³/mol. The average molecular weight is 947 g/mol. The van der Waals surface area contributed by atoms with Crippen molar-refractivity contribution in [1.29, 1.82) is 0 Å². The van der Waals surface area contributed by atoms with Crippen molar-refractivity contribution in [2.75, 3.05) is 27.2 Å². The number of amides is 1. The number of cyclic esters (lactones) is 1. The number of aryl methyl sites for hydroxylation is 1. The summed E-state index contributed by atoms with van der Waals surface area (Å²) in [6.45, 7) is 20.7. The first kappa shape index (κ1) is 52.6. The van der Waals surface area contributed by atoms with Gasteiger partial charge in [0.1, 0.15) is 29.9 Å². The number of hydrogen-bond acceptors (Lipinski definition) is 15. The quantitative estimate of drug-likeness (QED) is 0.0731. The van der Waals surface area contributed by atoms with E-state index in [1.165, 1.54) is 7.11 Å². The lowest BCUT2D eigenvalue weighted by molar-refractivity contribution is -0.358. The van der Waals surface area contributed by atoms with Crippen molar-refractivity contribution >= 4 is 35.0 Å². The van der Waals surface area contributed by atoms with Gasteiger partial charge in [0, 0.05) is 62.8 Å². The maximum Gasteiger partial charge on any atom is 0.410 e. The molecule has 3 saturated heterocycles. The number of hydrogen-bond donors (Lipinski definition) is 2. The number of unbranched alkanes of at least 4 members (excludes halogenated alkanes) is 1. The lowest BCUT2D eigenvalue weighted by Gasteiger charge is -2.52. The molecule has 3 aliphatic rings. The number of rotatable bonds is 15. The number of nitrogens with one attached hydrogen (secondary N) is 1. The number of carbonyl (C=O) groups is 4. The average Bonchev–Trinajstić information content (AvgIpc) is 3.84. The van der Waals surface area contributed by atoms with Crippen molar-refractivity contribution in [3.05, 3.63) is 66.9 Å². The Balaban J connectivity index is 1.39. The zero-order valence-electron chi connectivity index (χ0n) is 41.8. The number of pyridine rings is 2. The monoisotopic (exact) mass is 947 g/mol. The third-order valence-electron chi connectivity index (χ3n) is 14.7. The molecule has 3 fully saturated rings. The number of nitrogens with zero attached hydrogens (tertiary/aromatic N) is 5. The van der Waals surface area contributed by atoms with E-state index < -0.39 is 95.2 Å². The van der Waals surface area contributed by atoms with E-state index in [1.807, 2.05) is 51.8 Å². The van der Waals surface area contributed by atoms with E-state index in [-0.39, 0.29) is 37.7 Å². The summed E-state index contributed by atoms with van der Waals surface area (Å²) in [5.74, 6) is -5.85. The second kappa shape index (κ2) is 21.9. The van der Waals surface area contributed by atoms with Crippen LogP contribution >= 0.6 is 0 Å². The molecule has 14 atom stereocenters. The van der Waals surface area contributed by atoms with Crippen LogP contribution in [0.1, 0.15) is 106 Å². The molecule has 6 rings (SSSR count). The molecule has 17 nitrogen and oxygen atoms in total. The summed E-state index contributed by atoms with van der Waals surface area (Å²) in [6.07, 6.45) is 2.10. The zero-order chi connectivity index (χ0) is 49.7. The van der Waals surface area contributed by atoms with Crippen LogP contribution in [0.3, 0.4) is 0 Å². The van der Waals surface area contributed by atoms with E-state index in [1.54, 1.807) is 76.2 Å². The number of ketones is 1. The number of esters is 2. The fourth-order valence-corrected chi connectivity index (χ4v) is 11.1. The van der Waals surface area contributed by atoms with Crippen molar-refractivity contribution in [2.45, 2.75) is 167 Å². The third-order valence-corrected chi connectivity index (χ3v) is 14.7. The minimum atomic E-state index is -1.65. The van der Waals surface area contributed by atoms with Crippen molar-refractivity contribution in [3.8, 4) is 0 Å². The minimum absolute atomic E-state index is 0.0957. The molecule has 0 aromatic carbocycles. The minimum Gasteiger partial charge on any atom is -0.461 e. The SMILES string of the molecule is C=CCN(C)[C@H]1C[C@@H](C)O[C@@](C)(O[C@@H]2[C@@H](C)C(OC(=O)Cc3ccccn3)[C@@H](C)C(=O)O[C@H](CC)[C@@]3(C)OC(=O)N(CCCCc4nc5ncccc5[nH]4)[C@@H]3[C@@H](C)C(=O)[C@H](C)C[C@@]2(C)OC)[C@@H]1O. The second-order valence-electron chi connectivity index (χ2n) is 19.9. The highest BCUT2D eigenvalue weighted by molar-refractivity contribution is 5.85. The number of aliphatic hydroxyl groups is 1. The van der Waals surface area contributed by atoms with E-state index >= 15 is 4.79 Å². The van der Waals surface area contributed by atoms with Crippen molar-refractivity contribution in [1.82, 2.24) is 29.7 Å². The molecule has 6 heterocycles. The number of ether oxygens (including phenoxy) is 6. The molecule has 374 valence electrons. The van der Waals surface area contributed by atoms with Crippen LogP contribution in [0.5, 0.6) is 0 Å². The number of likely N-dealkylation sites (N-methyl/N-ethyl adjacent to an activating group) is 1. The van der Waals surface area contributed by atoms with Crippen molar-refractivity contribution in [2.24, 2.45) is 23.7 Å². The fraction of sp³-hybridized carbons (Fsp3) is 0.667. The highest BCUT2D eigenvalue weighted by Gasteiger charge is 2.61. The molecular weight excluding hydrogens is 873 g/mol. The number of fused-ring (bicyclic) bond motifs is 2. The molecule has 2 N–H and O–H groups in total. The van der Waals surface area contributed by atoms with Gasteiger partial charge in [-0.25, -0.2) is 14.8 Å². The normalized spacial score (nSPS) is 35.1. The summed E-state index contributed by atoms with van der Waals surface area (Å²) in [5.41, 5.74) is -0.852. The fourth-order valence-electron chi connectivity index (χ4n) is 11.1.